The number of esters is 1. The predicted octanol–water partition coefficient (Wildman–Crippen LogP) is 0.847. The summed E-state index contributed by atoms with van der Waals surface area (Å²) < 4.78 is 31.7. The van der Waals surface area contributed by atoms with Gasteiger partial charge in [0, 0.05) is 13.1 Å². The fourth-order valence-electron chi connectivity index (χ4n) is 2.64. The minimum Gasteiger partial charge on any atom is -0.449 e. The topological polar surface area (TPSA) is 136 Å². The van der Waals surface area contributed by atoms with Crippen molar-refractivity contribution in [3.63, 3.8) is 0 Å². The number of hydrogen-bond donors (Lipinski definition) is 2. The van der Waals surface area contributed by atoms with Crippen LogP contribution in [0.15, 0.2) is 29.2 Å². The number of carbonyl (C=O) groups excluding carboxylic acids is 3. The Hall–Kier alpha value is -2.46. The molecule has 10 heteroatoms. The van der Waals surface area contributed by atoms with Gasteiger partial charge in [-0.3, -0.25) is 10.1 Å². The van der Waals surface area contributed by atoms with Crippen LogP contribution in [-0.2, 0) is 19.6 Å². The van der Waals surface area contributed by atoms with Gasteiger partial charge in [-0.25, -0.2) is 18.0 Å². The molecule has 1 saturated heterocycles. The standard InChI is InChI=1S/C17H23N3O6S/c1-11-7-9-20(10-8-11)27(24,25)14-5-3-13(4-6-14)16(22)26-12(2)15(21)19-17(18)23/h3-6,11-12H,7-10H2,1-2H3,(H3,18,19,21,23)/t12-/m0/s1. The highest BCUT2D eigenvalue weighted by molar-refractivity contribution is 7.89. The summed E-state index contributed by atoms with van der Waals surface area (Å²) in [5, 5.41) is 1.81. The van der Waals surface area contributed by atoms with Crippen molar-refractivity contribution in [3.05, 3.63) is 29.8 Å². The first kappa shape index (κ1) is 20.8. The largest absolute Gasteiger partial charge is 0.449 e. The summed E-state index contributed by atoms with van der Waals surface area (Å²) in [6, 6.07) is 4.25. The van der Waals surface area contributed by atoms with Crippen LogP contribution in [0.4, 0.5) is 4.79 Å². The molecule has 3 amide bonds. The highest BCUT2D eigenvalue weighted by Crippen LogP contribution is 2.23. The number of urea groups is 1. The molecular formula is C17H23N3O6S. The maximum Gasteiger partial charge on any atom is 0.338 e. The smallest absolute Gasteiger partial charge is 0.338 e. The summed E-state index contributed by atoms with van der Waals surface area (Å²) >= 11 is 0. The van der Waals surface area contributed by atoms with Crippen molar-refractivity contribution in [2.24, 2.45) is 11.7 Å². The van der Waals surface area contributed by atoms with Crippen LogP contribution in [0.5, 0.6) is 0 Å². The molecule has 148 valence electrons. The third-order valence-corrected chi connectivity index (χ3v) is 6.28. The summed E-state index contributed by atoms with van der Waals surface area (Å²) in [6.07, 6.45) is 0.396. The molecule has 1 fully saturated rings. The Kier molecular flexibility index (Phi) is 6.55. The average molecular weight is 397 g/mol. The van der Waals surface area contributed by atoms with Crippen LogP contribution < -0.4 is 11.1 Å². The quantitative estimate of drug-likeness (QED) is 0.707. The zero-order valence-corrected chi connectivity index (χ0v) is 16.0. The number of ether oxygens (including phenoxy) is 1. The van der Waals surface area contributed by atoms with Crippen molar-refractivity contribution in [1.82, 2.24) is 9.62 Å². The monoisotopic (exact) mass is 397 g/mol. The molecule has 9 nitrogen and oxygen atoms in total. The van der Waals surface area contributed by atoms with Crippen LogP contribution in [0.2, 0.25) is 0 Å². The minimum absolute atomic E-state index is 0.0833. The van der Waals surface area contributed by atoms with Crippen molar-refractivity contribution >= 4 is 27.9 Å². The van der Waals surface area contributed by atoms with Crippen LogP contribution >= 0.6 is 0 Å². The molecule has 1 aliphatic heterocycles. The molecule has 1 aromatic carbocycles. The zero-order chi connectivity index (χ0) is 20.2. The van der Waals surface area contributed by atoms with E-state index < -0.39 is 34.0 Å². The summed E-state index contributed by atoms with van der Waals surface area (Å²) in [5.41, 5.74) is 4.91. The van der Waals surface area contributed by atoms with Gasteiger partial charge in [0.1, 0.15) is 0 Å². The maximum atomic E-state index is 12.7. The van der Waals surface area contributed by atoms with Crippen molar-refractivity contribution in [2.45, 2.75) is 37.7 Å². The highest BCUT2D eigenvalue weighted by atomic mass is 32.2. The number of carbonyl (C=O) groups is 3. The van der Waals surface area contributed by atoms with Crippen LogP contribution in [-0.4, -0.2) is 49.8 Å². The molecule has 3 N–H and O–H groups in total. The third-order valence-electron chi connectivity index (χ3n) is 4.37. The maximum absolute atomic E-state index is 12.7. The van der Waals surface area contributed by atoms with Gasteiger partial charge < -0.3 is 10.5 Å². The molecule has 0 bridgehead atoms. The van der Waals surface area contributed by atoms with Gasteiger partial charge in [-0.1, -0.05) is 6.92 Å². The summed E-state index contributed by atoms with van der Waals surface area (Å²) in [6.45, 7) is 4.32. The fourth-order valence-corrected chi connectivity index (χ4v) is 4.11. The molecule has 0 spiro atoms. The van der Waals surface area contributed by atoms with E-state index in [4.69, 9.17) is 10.5 Å². The number of nitrogens with zero attached hydrogens (tertiary/aromatic N) is 1. The van der Waals surface area contributed by atoms with Gasteiger partial charge in [0.15, 0.2) is 6.10 Å². The number of sulfonamides is 1. The molecule has 0 saturated carbocycles. The average Bonchev–Trinajstić information content (AvgIpc) is 2.61. The molecule has 2 rings (SSSR count). The van der Waals surface area contributed by atoms with E-state index in [1.165, 1.54) is 35.5 Å². The molecule has 0 unspecified atom stereocenters. The Labute approximate surface area is 157 Å². The summed E-state index contributed by atoms with van der Waals surface area (Å²) in [5.74, 6) is -1.17. The first-order chi connectivity index (χ1) is 12.6. The number of nitrogens with two attached hydrogens (primary N) is 1. The summed E-state index contributed by atoms with van der Waals surface area (Å²) in [7, 11) is -3.61. The second-order valence-electron chi connectivity index (χ2n) is 6.51. The van der Waals surface area contributed by atoms with E-state index in [1.807, 2.05) is 0 Å². The van der Waals surface area contributed by atoms with E-state index in [1.54, 1.807) is 5.32 Å². The van der Waals surface area contributed by atoms with Gasteiger partial charge in [0.25, 0.3) is 5.91 Å². The molecule has 0 aliphatic carbocycles. The van der Waals surface area contributed by atoms with E-state index in [0.717, 1.165) is 12.8 Å². The molecule has 1 atom stereocenters. The Morgan fingerprint density at radius 3 is 2.26 bits per heavy atom. The van der Waals surface area contributed by atoms with E-state index in [-0.39, 0.29) is 10.5 Å². The second kappa shape index (κ2) is 8.49. The minimum atomic E-state index is -3.61. The lowest BCUT2D eigenvalue weighted by atomic mass is 10.0. The van der Waals surface area contributed by atoms with Gasteiger partial charge in [-0.2, -0.15) is 4.31 Å². The van der Waals surface area contributed by atoms with Crippen molar-refractivity contribution in [2.75, 3.05) is 13.1 Å². The van der Waals surface area contributed by atoms with Gasteiger partial charge >= 0.3 is 12.0 Å². The summed E-state index contributed by atoms with van der Waals surface area (Å²) in [4.78, 5) is 34.3. The zero-order valence-electron chi connectivity index (χ0n) is 15.2. The molecule has 1 aromatic rings. The lowest BCUT2D eigenvalue weighted by molar-refractivity contribution is -0.127. The van der Waals surface area contributed by atoms with Crippen LogP contribution in [0.25, 0.3) is 0 Å². The van der Waals surface area contributed by atoms with E-state index >= 15 is 0 Å². The van der Waals surface area contributed by atoms with Crippen molar-refractivity contribution in [3.8, 4) is 0 Å². The SMILES string of the molecule is CC1CCN(S(=O)(=O)c2ccc(C(=O)O[C@@H](C)C(=O)NC(N)=O)cc2)CC1. The van der Waals surface area contributed by atoms with Crippen LogP contribution in [0, 0.1) is 5.92 Å². The molecule has 27 heavy (non-hydrogen) atoms. The Morgan fingerprint density at radius 1 is 1.19 bits per heavy atom. The lowest BCUT2D eigenvalue weighted by Gasteiger charge is -2.29. The van der Waals surface area contributed by atoms with Crippen molar-refractivity contribution < 1.29 is 27.5 Å². The Morgan fingerprint density at radius 2 is 1.74 bits per heavy atom. The number of piperidine rings is 1. The van der Waals surface area contributed by atoms with E-state index in [9.17, 15) is 22.8 Å². The number of benzene rings is 1. The third kappa shape index (κ3) is 5.27. The van der Waals surface area contributed by atoms with Gasteiger partial charge in [0.2, 0.25) is 10.0 Å². The van der Waals surface area contributed by atoms with E-state index in [0.29, 0.717) is 19.0 Å². The van der Waals surface area contributed by atoms with Gasteiger partial charge in [-0.05, 0) is 49.9 Å². The second-order valence-corrected chi connectivity index (χ2v) is 8.45. The fraction of sp³-hybridized carbons (Fsp3) is 0.471. The van der Waals surface area contributed by atoms with Crippen LogP contribution in [0.1, 0.15) is 37.0 Å². The lowest BCUT2D eigenvalue weighted by Crippen LogP contribution is -2.42. The highest BCUT2D eigenvalue weighted by Gasteiger charge is 2.28. The number of amides is 3. The van der Waals surface area contributed by atoms with Crippen molar-refractivity contribution in [1.29, 1.82) is 0 Å². The number of nitrogens with one attached hydrogen (secondary N) is 1. The number of imide groups is 1. The van der Waals surface area contributed by atoms with Crippen LogP contribution in [0.3, 0.4) is 0 Å². The first-order valence-corrected chi connectivity index (χ1v) is 9.96. The Balaban J connectivity index is 2.04. The number of rotatable bonds is 5. The predicted molar refractivity (Wildman–Crippen MR) is 96.2 cm³/mol. The number of primary amides is 1. The van der Waals surface area contributed by atoms with Gasteiger partial charge in [0.05, 0.1) is 10.5 Å². The molecular weight excluding hydrogens is 374 g/mol. The normalized spacial score (nSPS) is 17.1. The van der Waals surface area contributed by atoms with E-state index in [2.05, 4.69) is 6.92 Å². The molecule has 1 aliphatic rings. The van der Waals surface area contributed by atoms with Gasteiger partial charge in [-0.15, -0.1) is 0 Å². The molecule has 0 radical (unpaired) electrons. The number of hydrogen-bond acceptors (Lipinski definition) is 6. The molecule has 1 heterocycles. The first-order valence-electron chi connectivity index (χ1n) is 8.52. The molecule has 0 aromatic heterocycles. The Bertz CT molecular complexity index is 814.